The minimum Gasteiger partial charge on any atom is -0.462 e. The molecule has 1 aliphatic rings. The first-order valence-electron chi connectivity index (χ1n) is 6.81. The molecule has 0 atom stereocenters. The number of nitrogens with one attached hydrogen (secondary N) is 1. The van der Waals surface area contributed by atoms with Crippen LogP contribution >= 0.6 is 0 Å². The van der Waals surface area contributed by atoms with Gasteiger partial charge in [0.25, 0.3) is 0 Å². The Morgan fingerprint density at radius 1 is 1.53 bits per heavy atom. The molecule has 19 heavy (non-hydrogen) atoms. The zero-order valence-electron chi connectivity index (χ0n) is 11.5. The SMILES string of the molecule is CCOC(=O)c1cc(N)cnc1NC1(CC)CCC1. The molecule has 0 aromatic carbocycles. The number of anilines is 2. The van der Waals surface area contributed by atoms with Crippen molar-refractivity contribution >= 4 is 17.5 Å². The quantitative estimate of drug-likeness (QED) is 0.798. The highest BCUT2D eigenvalue weighted by molar-refractivity contribution is 5.95. The normalized spacial score (nSPS) is 16.5. The number of rotatable bonds is 5. The predicted molar refractivity (Wildman–Crippen MR) is 75.1 cm³/mol. The van der Waals surface area contributed by atoms with E-state index in [-0.39, 0.29) is 11.5 Å². The summed E-state index contributed by atoms with van der Waals surface area (Å²) in [6, 6.07) is 1.62. The first kappa shape index (κ1) is 13.6. The van der Waals surface area contributed by atoms with Gasteiger partial charge in [-0.15, -0.1) is 0 Å². The fourth-order valence-electron chi connectivity index (χ4n) is 2.37. The molecule has 3 N–H and O–H groups in total. The fraction of sp³-hybridized carbons (Fsp3) is 0.571. The van der Waals surface area contributed by atoms with E-state index in [0.29, 0.717) is 23.7 Å². The topological polar surface area (TPSA) is 77.2 Å². The van der Waals surface area contributed by atoms with Crippen molar-refractivity contribution in [3.8, 4) is 0 Å². The molecule has 1 saturated carbocycles. The summed E-state index contributed by atoms with van der Waals surface area (Å²) in [6.45, 7) is 4.27. The second-order valence-corrected chi connectivity index (χ2v) is 5.00. The highest BCUT2D eigenvalue weighted by atomic mass is 16.5. The Kier molecular flexibility index (Phi) is 3.93. The van der Waals surface area contributed by atoms with Crippen molar-refractivity contribution < 1.29 is 9.53 Å². The van der Waals surface area contributed by atoms with Crippen LogP contribution in [0, 0.1) is 0 Å². The van der Waals surface area contributed by atoms with E-state index in [1.54, 1.807) is 19.2 Å². The molecule has 104 valence electrons. The van der Waals surface area contributed by atoms with Gasteiger partial charge in [0.05, 0.1) is 18.5 Å². The van der Waals surface area contributed by atoms with Crippen LogP contribution in [0.3, 0.4) is 0 Å². The zero-order valence-corrected chi connectivity index (χ0v) is 11.5. The van der Waals surface area contributed by atoms with E-state index in [0.717, 1.165) is 19.3 Å². The summed E-state index contributed by atoms with van der Waals surface area (Å²) in [5.41, 5.74) is 6.66. The van der Waals surface area contributed by atoms with Gasteiger partial charge in [0.15, 0.2) is 0 Å². The van der Waals surface area contributed by atoms with E-state index >= 15 is 0 Å². The number of carbonyl (C=O) groups excluding carboxylic acids is 1. The smallest absolute Gasteiger partial charge is 0.341 e. The Morgan fingerprint density at radius 3 is 2.79 bits per heavy atom. The van der Waals surface area contributed by atoms with Gasteiger partial charge < -0.3 is 15.8 Å². The van der Waals surface area contributed by atoms with Crippen LogP contribution in [0.5, 0.6) is 0 Å². The van der Waals surface area contributed by atoms with Crippen molar-refractivity contribution in [1.29, 1.82) is 0 Å². The lowest BCUT2D eigenvalue weighted by molar-refractivity contribution is 0.0527. The summed E-state index contributed by atoms with van der Waals surface area (Å²) in [5.74, 6) is 0.199. The predicted octanol–water partition coefficient (Wildman–Crippen LogP) is 2.59. The molecule has 2 rings (SSSR count). The molecule has 1 fully saturated rings. The number of carbonyl (C=O) groups is 1. The Morgan fingerprint density at radius 2 is 2.26 bits per heavy atom. The summed E-state index contributed by atoms with van der Waals surface area (Å²) < 4.78 is 5.05. The third-order valence-corrected chi connectivity index (χ3v) is 3.78. The van der Waals surface area contributed by atoms with Gasteiger partial charge in [-0.25, -0.2) is 9.78 Å². The third kappa shape index (κ3) is 2.80. The first-order valence-corrected chi connectivity index (χ1v) is 6.81. The monoisotopic (exact) mass is 263 g/mol. The standard InChI is InChI=1S/C14H21N3O2/c1-3-14(6-5-7-14)17-12-11(13(18)19-4-2)8-10(15)9-16-12/h8-9H,3-7,15H2,1-2H3,(H,16,17). The summed E-state index contributed by atoms with van der Waals surface area (Å²) in [5, 5.41) is 3.41. The Bertz CT molecular complexity index is 464. The Balaban J connectivity index is 2.26. The Labute approximate surface area is 113 Å². The van der Waals surface area contributed by atoms with Gasteiger partial charge in [0.2, 0.25) is 0 Å². The molecule has 0 unspecified atom stereocenters. The molecular weight excluding hydrogens is 242 g/mol. The van der Waals surface area contributed by atoms with Crippen LogP contribution in [0.2, 0.25) is 0 Å². The number of hydrogen-bond acceptors (Lipinski definition) is 5. The van der Waals surface area contributed by atoms with Crippen LogP contribution in [0.25, 0.3) is 0 Å². The molecule has 1 heterocycles. The maximum Gasteiger partial charge on any atom is 0.341 e. The molecule has 0 aliphatic heterocycles. The number of aromatic nitrogens is 1. The zero-order chi connectivity index (χ0) is 13.9. The average molecular weight is 263 g/mol. The van der Waals surface area contributed by atoms with Crippen molar-refractivity contribution in [1.82, 2.24) is 4.98 Å². The summed E-state index contributed by atoms with van der Waals surface area (Å²) in [6.07, 6.45) is 6.01. The molecule has 1 aromatic rings. The van der Waals surface area contributed by atoms with Crippen LogP contribution in [0.15, 0.2) is 12.3 Å². The fourth-order valence-corrected chi connectivity index (χ4v) is 2.37. The first-order chi connectivity index (χ1) is 9.10. The van der Waals surface area contributed by atoms with Crippen molar-refractivity contribution in [2.45, 2.75) is 45.1 Å². The van der Waals surface area contributed by atoms with Crippen LogP contribution in [0.1, 0.15) is 49.9 Å². The molecule has 0 spiro atoms. The number of esters is 1. The molecule has 1 aromatic heterocycles. The van der Waals surface area contributed by atoms with Crippen molar-refractivity contribution in [3.05, 3.63) is 17.8 Å². The number of ether oxygens (including phenoxy) is 1. The van der Waals surface area contributed by atoms with Gasteiger partial charge in [-0.05, 0) is 38.7 Å². The maximum absolute atomic E-state index is 11.9. The van der Waals surface area contributed by atoms with E-state index in [1.807, 2.05) is 0 Å². The van der Waals surface area contributed by atoms with Gasteiger partial charge in [-0.1, -0.05) is 6.92 Å². The second kappa shape index (κ2) is 5.47. The molecule has 0 radical (unpaired) electrons. The van der Waals surface area contributed by atoms with E-state index in [2.05, 4.69) is 17.2 Å². The van der Waals surface area contributed by atoms with E-state index < -0.39 is 0 Å². The van der Waals surface area contributed by atoms with Gasteiger partial charge in [0, 0.05) is 5.54 Å². The van der Waals surface area contributed by atoms with Gasteiger partial charge in [-0.2, -0.15) is 0 Å². The summed E-state index contributed by atoms with van der Waals surface area (Å²) in [7, 11) is 0. The van der Waals surface area contributed by atoms with Crippen molar-refractivity contribution in [2.24, 2.45) is 0 Å². The lowest BCUT2D eigenvalue weighted by atomic mass is 9.75. The molecular formula is C14H21N3O2. The molecule has 1 aliphatic carbocycles. The second-order valence-electron chi connectivity index (χ2n) is 5.00. The van der Waals surface area contributed by atoms with Gasteiger partial charge in [-0.3, -0.25) is 0 Å². The molecule has 5 nitrogen and oxygen atoms in total. The lowest BCUT2D eigenvalue weighted by Gasteiger charge is -2.42. The molecule has 0 saturated heterocycles. The molecule has 0 amide bonds. The number of pyridine rings is 1. The van der Waals surface area contributed by atoms with Crippen LogP contribution in [-0.4, -0.2) is 23.1 Å². The van der Waals surface area contributed by atoms with Crippen LogP contribution in [0.4, 0.5) is 11.5 Å². The average Bonchev–Trinajstić information content (AvgIpc) is 2.35. The van der Waals surface area contributed by atoms with Crippen LogP contribution in [-0.2, 0) is 4.74 Å². The van der Waals surface area contributed by atoms with Crippen LogP contribution < -0.4 is 11.1 Å². The number of nitrogen functional groups attached to an aromatic ring is 1. The number of hydrogen-bond donors (Lipinski definition) is 2. The number of nitrogens with zero attached hydrogens (tertiary/aromatic N) is 1. The van der Waals surface area contributed by atoms with Gasteiger partial charge in [0.1, 0.15) is 11.4 Å². The maximum atomic E-state index is 11.9. The third-order valence-electron chi connectivity index (χ3n) is 3.78. The van der Waals surface area contributed by atoms with Crippen molar-refractivity contribution in [2.75, 3.05) is 17.7 Å². The number of nitrogens with two attached hydrogens (primary N) is 1. The lowest BCUT2D eigenvalue weighted by Crippen LogP contribution is -2.45. The van der Waals surface area contributed by atoms with E-state index in [1.165, 1.54) is 6.42 Å². The summed E-state index contributed by atoms with van der Waals surface area (Å²) in [4.78, 5) is 16.2. The minimum absolute atomic E-state index is 0.0738. The van der Waals surface area contributed by atoms with E-state index in [4.69, 9.17) is 10.5 Å². The highest BCUT2D eigenvalue weighted by Crippen LogP contribution is 2.38. The summed E-state index contributed by atoms with van der Waals surface area (Å²) >= 11 is 0. The molecule has 0 bridgehead atoms. The van der Waals surface area contributed by atoms with Crippen molar-refractivity contribution in [3.63, 3.8) is 0 Å². The van der Waals surface area contributed by atoms with E-state index in [9.17, 15) is 4.79 Å². The highest BCUT2D eigenvalue weighted by Gasteiger charge is 2.36. The Hall–Kier alpha value is -1.78. The van der Waals surface area contributed by atoms with Gasteiger partial charge >= 0.3 is 5.97 Å². The minimum atomic E-state index is -0.379. The molecule has 5 heteroatoms. The largest absolute Gasteiger partial charge is 0.462 e.